The van der Waals surface area contributed by atoms with Gasteiger partial charge in [0.2, 0.25) is 0 Å². The van der Waals surface area contributed by atoms with Crippen molar-refractivity contribution in [3.05, 3.63) is 28.1 Å². The molecule has 96 valence electrons. The van der Waals surface area contributed by atoms with E-state index >= 15 is 0 Å². The first kappa shape index (κ1) is 13.1. The zero-order valence-corrected chi connectivity index (χ0v) is 12.3. The molecule has 0 bridgehead atoms. The second kappa shape index (κ2) is 5.52. The summed E-state index contributed by atoms with van der Waals surface area (Å²) in [6, 6.07) is 1.92. The summed E-state index contributed by atoms with van der Waals surface area (Å²) in [4.78, 5) is 9.06. The highest BCUT2D eigenvalue weighted by Gasteiger charge is 2.15. The zero-order chi connectivity index (χ0) is 13.1. The molecule has 0 fully saturated rings. The van der Waals surface area contributed by atoms with Crippen LogP contribution in [0.2, 0.25) is 0 Å². The van der Waals surface area contributed by atoms with Crippen LogP contribution in [0.5, 0.6) is 0 Å². The summed E-state index contributed by atoms with van der Waals surface area (Å²) in [7, 11) is 0. The third-order valence-corrected chi connectivity index (χ3v) is 3.50. The number of hydrogen-bond acceptors (Lipinski definition) is 4. The van der Waals surface area contributed by atoms with E-state index in [4.69, 9.17) is 4.42 Å². The molecular weight excluding hydrogens is 294 g/mol. The lowest BCUT2D eigenvalue weighted by atomic mass is 10.2. The van der Waals surface area contributed by atoms with Gasteiger partial charge in [0.25, 0.3) is 0 Å². The minimum Gasteiger partial charge on any atom is -0.461 e. The Bertz CT molecular complexity index is 551. The maximum Gasteiger partial charge on any atom is 0.198 e. The third-order valence-electron chi connectivity index (χ3n) is 2.66. The van der Waals surface area contributed by atoms with E-state index in [0.29, 0.717) is 5.82 Å². The Labute approximate surface area is 115 Å². The molecule has 0 aliphatic heterocycles. The minimum absolute atomic E-state index is 0.633. The molecule has 2 heterocycles. The molecule has 1 N–H and O–H groups in total. The minimum atomic E-state index is 0.633. The molecule has 2 aromatic rings. The highest BCUT2D eigenvalue weighted by atomic mass is 79.9. The van der Waals surface area contributed by atoms with Crippen LogP contribution in [0.4, 0.5) is 5.82 Å². The summed E-state index contributed by atoms with van der Waals surface area (Å²) in [5.41, 5.74) is 2.02. The molecule has 0 aromatic carbocycles. The molecule has 4 nitrogen and oxygen atoms in total. The molecule has 0 aliphatic rings. The monoisotopic (exact) mass is 309 g/mol. The normalized spacial score (nSPS) is 10.7. The quantitative estimate of drug-likeness (QED) is 0.933. The van der Waals surface area contributed by atoms with Crippen LogP contribution < -0.4 is 5.32 Å². The van der Waals surface area contributed by atoms with Gasteiger partial charge in [0, 0.05) is 6.54 Å². The topological polar surface area (TPSA) is 51.0 Å². The average Bonchev–Trinajstić information content (AvgIpc) is 2.78. The van der Waals surface area contributed by atoms with Gasteiger partial charge in [-0.2, -0.15) is 0 Å². The fraction of sp³-hybridized carbons (Fsp3) is 0.385. The summed E-state index contributed by atoms with van der Waals surface area (Å²) in [6.07, 6.45) is 2.50. The molecule has 0 atom stereocenters. The smallest absolute Gasteiger partial charge is 0.198 e. The summed E-state index contributed by atoms with van der Waals surface area (Å²) in [5, 5.41) is 3.23. The Balaban J connectivity index is 2.55. The number of nitrogens with zero attached hydrogens (tertiary/aromatic N) is 2. The number of halogens is 1. The number of hydrogen-bond donors (Lipinski definition) is 1. The zero-order valence-electron chi connectivity index (χ0n) is 10.7. The van der Waals surface area contributed by atoms with Crippen LogP contribution in [0, 0.1) is 6.92 Å². The van der Waals surface area contributed by atoms with Gasteiger partial charge < -0.3 is 9.73 Å². The van der Waals surface area contributed by atoms with E-state index in [2.05, 4.69) is 38.1 Å². The summed E-state index contributed by atoms with van der Waals surface area (Å²) in [6.45, 7) is 6.91. The van der Waals surface area contributed by atoms with Crippen molar-refractivity contribution in [3.8, 4) is 11.6 Å². The lowest BCUT2D eigenvalue weighted by molar-refractivity contribution is 0.575. The number of rotatable bonds is 4. The summed E-state index contributed by atoms with van der Waals surface area (Å²) >= 11 is 3.54. The van der Waals surface area contributed by atoms with Gasteiger partial charge >= 0.3 is 0 Å². The Morgan fingerprint density at radius 3 is 2.67 bits per heavy atom. The van der Waals surface area contributed by atoms with Crippen molar-refractivity contribution in [1.29, 1.82) is 0 Å². The van der Waals surface area contributed by atoms with Crippen LogP contribution >= 0.6 is 15.9 Å². The first-order valence-electron chi connectivity index (χ1n) is 6.02. The van der Waals surface area contributed by atoms with Crippen LogP contribution in [-0.2, 0) is 6.42 Å². The van der Waals surface area contributed by atoms with Gasteiger partial charge in [0.1, 0.15) is 5.82 Å². The third kappa shape index (κ3) is 2.41. The molecule has 2 aromatic heterocycles. The van der Waals surface area contributed by atoms with Crippen LogP contribution in [0.25, 0.3) is 11.6 Å². The molecule has 0 saturated carbocycles. The van der Waals surface area contributed by atoms with Crippen molar-refractivity contribution in [3.63, 3.8) is 0 Å². The Hall–Kier alpha value is -1.36. The van der Waals surface area contributed by atoms with Gasteiger partial charge in [-0.1, -0.05) is 6.92 Å². The largest absolute Gasteiger partial charge is 0.461 e. The SMILES string of the molecule is CCNc1nc(-c2occc2C)nc(CC)c1Br. The number of aryl methyl sites for hydroxylation is 2. The first-order valence-corrected chi connectivity index (χ1v) is 6.81. The number of anilines is 1. The first-order chi connectivity index (χ1) is 8.67. The number of nitrogens with one attached hydrogen (secondary N) is 1. The fourth-order valence-electron chi connectivity index (χ4n) is 1.72. The van der Waals surface area contributed by atoms with E-state index in [1.807, 2.05) is 19.9 Å². The van der Waals surface area contributed by atoms with Crippen LogP contribution in [0.1, 0.15) is 25.1 Å². The standard InChI is InChI=1S/C13H16BrN3O/c1-4-9-10(14)12(15-5-2)17-13(16-9)11-8(3)6-7-18-11/h6-7H,4-5H2,1-3H3,(H,15,16,17). The summed E-state index contributed by atoms with van der Waals surface area (Å²) < 4.78 is 6.39. The van der Waals surface area contributed by atoms with Crippen molar-refractivity contribution in [2.75, 3.05) is 11.9 Å². The molecule has 0 aliphatic carbocycles. The van der Waals surface area contributed by atoms with Crippen LogP contribution in [0.3, 0.4) is 0 Å². The predicted molar refractivity (Wildman–Crippen MR) is 75.7 cm³/mol. The Kier molecular flexibility index (Phi) is 4.01. The summed E-state index contributed by atoms with van der Waals surface area (Å²) in [5.74, 6) is 2.18. The van der Waals surface area contributed by atoms with Gasteiger partial charge in [0.05, 0.1) is 16.4 Å². The van der Waals surface area contributed by atoms with Gasteiger partial charge in [-0.25, -0.2) is 9.97 Å². The van der Waals surface area contributed by atoms with E-state index in [1.165, 1.54) is 0 Å². The Morgan fingerprint density at radius 2 is 2.11 bits per heavy atom. The van der Waals surface area contributed by atoms with E-state index in [9.17, 15) is 0 Å². The second-order valence-electron chi connectivity index (χ2n) is 3.97. The van der Waals surface area contributed by atoms with Gasteiger partial charge in [-0.15, -0.1) is 0 Å². The van der Waals surface area contributed by atoms with E-state index in [0.717, 1.165) is 40.3 Å². The average molecular weight is 310 g/mol. The molecule has 0 radical (unpaired) electrons. The molecule has 0 amide bonds. The molecule has 5 heteroatoms. The van der Waals surface area contributed by atoms with Gasteiger partial charge in [-0.05, 0) is 47.8 Å². The molecule has 18 heavy (non-hydrogen) atoms. The lowest BCUT2D eigenvalue weighted by Gasteiger charge is -2.10. The fourth-order valence-corrected chi connectivity index (χ4v) is 2.31. The van der Waals surface area contributed by atoms with E-state index in [1.54, 1.807) is 6.26 Å². The van der Waals surface area contributed by atoms with Crippen LogP contribution in [0.15, 0.2) is 21.2 Å². The number of furan rings is 1. The lowest BCUT2D eigenvalue weighted by Crippen LogP contribution is -2.05. The predicted octanol–water partition coefficient (Wildman–Crippen LogP) is 3.80. The van der Waals surface area contributed by atoms with Gasteiger partial charge in [-0.3, -0.25) is 0 Å². The highest BCUT2D eigenvalue weighted by molar-refractivity contribution is 9.10. The van der Waals surface area contributed by atoms with Crippen molar-refractivity contribution in [1.82, 2.24) is 9.97 Å². The molecule has 0 unspecified atom stereocenters. The van der Waals surface area contributed by atoms with Crippen molar-refractivity contribution < 1.29 is 4.42 Å². The van der Waals surface area contributed by atoms with E-state index in [-0.39, 0.29) is 0 Å². The molecule has 0 saturated heterocycles. The van der Waals surface area contributed by atoms with Crippen molar-refractivity contribution >= 4 is 21.7 Å². The van der Waals surface area contributed by atoms with E-state index < -0.39 is 0 Å². The molecule has 0 spiro atoms. The highest BCUT2D eigenvalue weighted by Crippen LogP contribution is 2.29. The maximum absolute atomic E-state index is 5.45. The van der Waals surface area contributed by atoms with Crippen LogP contribution in [-0.4, -0.2) is 16.5 Å². The van der Waals surface area contributed by atoms with Crippen molar-refractivity contribution in [2.45, 2.75) is 27.2 Å². The Morgan fingerprint density at radius 1 is 1.33 bits per heavy atom. The maximum atomic E-state index is 5.45. The second-order valence-corrected chi connectivity index (χ2v) is 4.77. The number of aromatic nitrogens is 2. The van der Waals surface area contributed by atoms with Crippen molar-refractivity contribution in [2.24, 2.45) is 0 Å². The molecule has 2 rings (SSSR count). The molecular formula is C13H16BrN3O. The van der Waals surface area contributed by atoms with Gasteiger partial charge in [0.15, 0.2) is 11.6 Å².